The van der Waals surface area contributed by atoms with Gasteiger partial charge < -0.3 is 14.4 Å². The van der Waals surface area contributed by atoms with Crippen molar-refractivity contribution >= 4 is 16.9 Å². The summed E-state index contributed by atoms with van der Waals surface area (Å²) in [6.07, 6.45) is 4.38. The standard InChI is InChI=1S/C21H21NO3/c1-25-15-11-9-14(10-12-15)13-22-19-8-3-2-5-16(19)17-6-4-7-18(20(17)22)21(23)24/h4,6-7,9-12H,2-3,5,8,13H2,1H3,(H,23,24). The normalized spacial score (nSPS) is 13.6. The Labute approximate surface area is 146 Å². The molecule has 0 radical (unpaired) electrons. The monoisotopic (exact) mass is 335 g/mol. The Hall–Kier alpha value is -2.75. The zero-order valence-electron chi connectivity index (χ0n) is 14.3. The summed E-state index contributed by atoms with van der Waals surface area (Å²) in [5, 5.41) is 10.8. The molecule has 0 aliphatic heterocycles. The largest absolute Gasteiger partial charge is 0.497 e. The zero-order chi connectivity index (χ0) is 17.4. The summed E-state index contributed by atoms with van der Waals surface area (Å²) in [5.41, 5.74) is 5.02. The maximum Gasteiger partial charge on any atom is 0.337 e. The molecule has 25 heavy (non-hydrogen) atoms. The van der Waals surface area contributed by atoms with Crippen LogP contribution in [0.15, 0.2) is 42.5 Å². The summed E-state index contributed by atoms with van der Waals surface area (Å²) >= 11 is 0. The first-order valence-electron chi connectivity index (χ1n) is 8.68. The van der Waals surface area contributed by atoms with Crippen LogP contribution in [0.3, 0.4) is 0 Å². The molecule has 1 aliphatic carbocycles. The van der Waals surface area contributed by atoms with E-state index in [0.717, 1.165) is 41.5 Å². The number of nitrogens with zero attached hydrogens (tertiary/aromatic N) is 1. The van der Waals surface area contributed by atoms with Crippen molar-refractivity contribution in [2.45, 2.75) is 32.2 Å². The van der Waals surface area contributed by atoms with Crippen molar-refractivity contribution in [3.63, 3.8) is 0 Å². The van der Waals surface area contributed by atoms with E-state index in [2.05, 4.69) is 10.6 Å². The average molecular weight is 335 g/mol. The number of carboxylic acids is 1. The fourth-order valence-electron chi connectivity index (χ4n) is 3.95. The number of para-hydroxylation sites is 1. The van der Waals surface area contributed by atoms with E-state index in [1.165, 1.54) is 17.7 Å². The molecule has 1 aliphatic rings. The Morgan fingerprint density at radius 2 is 1.88 bits per heavy atom. The van der Waals surface area contributed by atoms with Gasteiger partial charge in [-0.3, -0.25) is 0 Å². The second-order valence-corrected chi connectivity index (χ2v) is 6.57. The minimum Gasteiger partial charge on any atom is -0.497 e. The minimum absolute atomic E-state index is 0.389. The predicted octanol–water partition coefficient (Wildman–Crippen LogP) is 4.28. The summed E-state index contributed by atoms with van der Waals surface area (Å²) in [6.45, 7) is 0.681. The van der Waals surface area contributed by atoms with Gasteiger partial charge in [-0.25, -0.2) is 4.79 Å². The summed E-state index contributed by atoms with van der Waals surface area (Å²) in [4.78, 5) is 11.8. The van der Waals surface area contributed by atoms with Crippen molar-refractivity contribution in [1.82, 2.24) is 4.57 Å². The first kappa shape index (κ1) is 15.8. The second-order valence-electron chi connectivity index (χ2n) is 6.57. The van der Waals surface area contributed by atoms with E-state index in [9.17, 15) is 9.90 Å². The van der Waals surface area contributed by atoms with Gasteiger partial charge in [0.25, 0.3) is 0 Å². The number of rotatable bonds is 4. The third-order valence-electron chi connectivity index (χ3n) is 5.13. The molecule has 0 saturated heterocycles. The van der Waals surface area contributed by atoms with Gasteiger partial charge in [0.05, 0.1) is 18.2 Å². The number of carboxylic acid groups (broad SMARTS) is 1. The number of hydrogen-bond acceptors (Lipinski definition) is 2. The lowest BCUT2D eigenvalue weighted by atomic mass is 9.95. The lowest BCUT2D eigenvalue weighted by Crippen LogP contribution is -2.10. The molecule has 1 aromatic heterocycles. The molecular weight excluding hydrogens is 314 g/mol. The number of hydrogen-bond donors (Lipinski definition) is 1. The van der Waals surface area contributed by atoms with Crippen LogP contribution in [0.2, 0.25) is 0 Å². The van der Waals surface area contributed by atoms with Gasteiger partial charge in [0.15, 0.2) is 0 Å². The highest BCUT2D eigenvalue weighted by molar-refractivity contribution is 6.04. The summed E-state index contributed by atoms with van der Waals surface area (Å²) in [5.74, 6) is -0.0363. The van der Waals surface area contributed by atoms with Gasteiger partial charge >= 0.3 is 5.97 Å². The van der Waals surface area contributed by atoms with Crippen LogP contribution in [0.1, 0.15) is 40.0 Å². The maximum atomic E-state index is 11.8. The van der Waals surface area contributed by atoms with E-state index in [1.54, 1.807) is 13.2 Å². The number of aryl methyl sites for hydroxylation is 1. The lowest BCUT2D eigenvalue weighted by molar-refractivity contribution is 0.0698. The molecule has 3 aromatic rings. The van der Waals surface area contributed by atoms with Crippen molar-refractivity contribution < 1.29 is 14.6 Å². The van der Waals surface area contributed by atoms with Gasteiger partial charge in [-0.1, -0.05) is 24.3 Å². The van der Waals surface area contributed by atoms with E-state index in [-0.39, 0.29) is 0 Å². The van der Waals surface area contributed by atoms with Gasteiger partial charge in [-0.05, 0) is 55.0 Å². The van der Waals surface area contributed by atoms with E-state index in [0.29, 0.717) is 12.1 Å². The quantitative estimate of drug-likeness (QED) is 0.774. The molecule has 0 spiro atoms. The zero-order valence-corrected chi connectivity index (χ0v) is 14.3. The smallest absolute Gasteiger partial charge is 0.337 e. The number of ether oxygens (including phenoxy) is 1. The molecule has 4 heteroatoms. The number of aromatic carboxylic acids is 1. The van der Waals surface area contributed by atoms with E-state index in [1.807, 2.05) is 30.3 Å². The molecule has 0 amide bonds. The van der Waals surface area contributed by atoms with E-state index < -0.39 is 5.97 Å². The van der Waals surface area contributed by atoms with Gasteiger partial charge in [-0.15, -0.1) is 0 Å². The van der Waals surface area contributed by atoms with Crippen molar-refractivity contribution in [2.24, 2.45) is 0 Å². The number of benzene rings is 2. The third-order valence-corrected chi connectivity index (χ3v) is 5.13. The Morgan fingerprint density at radius 1 is 1.12 bits per heavy atom. The van der Waals surface area contributed by atoms with Crippen LogP contribution < -0.4 is 4.74 Å². The third kappa shape index (κ3) is 2.68. The number of fused-ring (bicyclic) bond motifs is 3. The second kappa shape index (κ2) is 6.28. The Kier molecular flexibility index (Phi) is 3.96. The maximum absolute atomic E-state index is 11.8. The van der Waals surface area contributed by atoms with Crippen molar-refractivity contribution in [1.29, 1.82) is 0 Å². The molecule has 4 rings (SSSR count). The topological polar surface area (TPSA) is 51.5 Å². The SMILES string of the molecule is COc1ccc(Cn2c3c(c4cccc(C(=O)O)c42)CCCC3)cc1. The number of methoxy groups -OCH3 is 1. The highest BCUT2D eigenvalue weighted by Crippen LogP contribution is 2.34. The first-order chi connectivity index (χ1) is 12.2. The molecule has 0 saturated carbocycles. The van der Waals surface area contributed by atoms with Crippen LogP contribution in [-0.2, 0) is 19.4 Å². The Bertz CT molecular complexity index is 938. The highest BCUT2D eigenvalue weighted by atomic mass is 16.5. The van der Waals surface area contributed by atoms with Crippen LogP contribution in [0.25, 0.3) is 10.9 Å². The fraction of sp³-hybridized carbons (Fsp3) is 0.286. The van der Waals surface area contributed by atoms with Crippen LogP contribution in [-0.4, -0.2) is 22.8 Å². The van der Waals surface area contributed by atoms with Gasteiger partial charge in [0.1, 0.15) is 5.75 Å². The van der Waals surface area contributed by atoms with Crippen LogP contribution in [0, 0.1) is 0 Å². The molecule has 1 heterocycles. The number of aromatic nitrogens is 1. The van der Waals surface area contributed by atoms with Gasteiger partial charge in [0, 0.05) is 17.6 Å². The Morgan fingerprint density at radius 3 is 2.60 bits per heavy atom. The molecular formula is C21H21NO3. The van der Waals surface area contributed by atoms with Crippen LogP contribution in [0.4, 0.5) is 0 Å². The summed E-state index contributed by atoms with van der Waals surface area (Å²) in [6, 6.07) is 13.6. The molecule has 0 unspecified atom stereocenters. The predicted molar refractivity (Wildman–Crippen MR) is 97.6 cm³/mol. The molecule has 1 N–H and O–H groups in total. The summed E-state index contributed by atoms with van der Waals surface area (Å²) < 4.78 is 7.45. The molecule has 0 bridgehead atoms. The Balaban J connectivity index is 1.90. The highest BCUT2D eigenvalue weighted by Gasteiger charge is 2.23. The number of carbonyl (C=O) groups is 1. The minimum atomic E-state index is -0.864. The van der Waals surface area contributed by atoms with Gasteiger partial charge in [0.2, 0.25) is 0 Å². The van der Waals surface area contributed by atoms with E-state index >= 15 is 0 Å². The molecule has 0 atom stereocenters. The van der Waals surface area contributed by atoms with Crippen LogP contribution >= 0.6 is 0 Å². The van der Waals surface area contributed by atoms with Crippen molar-refractivity contribution in [3.05, 3.63) is 64.8 Å². The molecule has 2 aromatic carbocycles. The van der Waals surface area contributed by atoms with Crippen LogP contribution in [0.5, 0.6) is 5.75 Å². The average Bonchev–Trinajstić information content (AvgIpc) is 2.96. The van der Waals surface area contributed by atoms with Crippen molar-refractivity contribution in [2.75, 3.05) is 7.11 Å². The molecule has 0 fully saturated rings. The van der Waals surface area contributed by atoms with E-state index in [4.69, 9.17) is 4.74 Å². The van der Waals surface area contributed by atoms with Gasteiger partial charge in [-0.2, -0.15) is 0 Å². The molecule has 4 nitrogen and oxygen atoms in total. The summed E-state index contributed by atoms with van der Waals surface area (Å²) in [7, 11) is 1.66. The first-order valence-corrected chi connectivity index (χ1v) is 8.68. The van der Waals surface area contributed by atoms with Crippen molar-refractivity contribution in [3.8, 4) is 5.75 Å². The fourth-order valence-corrected chi connectivity index (χ4v) is 3.95. The lowest BCUT2D eigenvalue weighted by Gasteiger charge is -2.16. The molecule has 128 valence electrons.